The third-order valence-corrected chi connectivity index (χ3v) is 9.54. The van der Waals surface area contributed by atoms with Crippen LogP contribution >= 0.6 is 0 Å². The Bertz CT molecular complexity index is 2340. The number of carbonyl (C=O) groups is 1. The summed E-state index contributed by atoms with van der Waals surface area (Å²) in [6.45, 7) is 7.15. The highest BCUT2D eigenvalue weighted by Crippen LogP contribution is 2.21. The van der Waals surface area contributed by atoms with Gasteiger partial charge in [-0.2, -0.15) is 0 Å². The Kier molecular flexibility index (Phi) is 23.4. The van der Waals surface area contributed by atoms with Crippen LogP contribution in [0.2, 0.25) is 0 Å². The second-order valence-electron chi connectivity index (χ2n) is 14.2. The zero-order valence-electron chi connectivity index (χ0n) is 37.1. The zero-order chi connectivity index (χ0) is 46.6. The number of ether oxygens (including phenoxy) is 10. The number of carbonyl (C=O) groups excluding carboxylic acids is 1. The molecule has 358 valence electrons. The van der Waals surface area contributed by atoms with Gasteiger partial charge in [-0.1, -0.05) is 60.7 Å². The molecule has 17 nitrogen and oxygen atoms in total. The highest BCUT2D eigenvalue weighted by Gasteiger charge is 2.20. The van der Waals surface area contributed by atoms with Crippen molar-refractivity contribution in [2.45, 2.75) is 13.1 Å². The van der Waals surface area contributed by atoms with Crippen LogP contribution in [0.25, 0.3) is 28.6 Å². The Morgan fingerprint density at radius 1 is 0.576 bits per heavy atom. The largest absolute Gasteiger partial charge is 0.460 e. The van der Waals surface area contributed by atoms with E-state index >= 15 is 0 Å². The normalized spacial score (nSPS) is 11.6. The summed E-state index contributed by atoms with van der Waals surface area (Å²) in [5.41, 5.74) is 0.129. The molecular formula is C47H58F2N4O13. The number of hydrogen-bond donors (Lipinski definition) is 1. The van der Waals surface area contributed by atoms with Crippen molar-refractivity contribution in [1.29, 1.82) is 0 Å². The molecule has 0 spiro atoms. The van der Waals surface area contributed by atoms with Gasteiger partial charge in [0.2, 0.25) is 0 Å². The van der Waals surface area contributed by atoms with Crippen LogP contribution in [0.3, 0.4) is 0 Å². The fourth-order valence-electron chi connectivity index (χ4n) is 6.13. The van der Waals surface area contributed by atoms with Crippen LogP contribution in [0, 0.1) is 11.6 Å². The Labute approximate surface area is 381 Å². The summed E-state index contributed by atoms with van der Waals surface area (Å²) in [5.74, 6) is -1.39. The molecule has 19 heteroatoms. The Morgan fingerprint density at radius 3 is 1.45 bits per heavy atom. The SMILES string of the molecule is COCCOCCOCCOCCOCCOCCOCCOCCOCCOC(=O)/C=C/c1ccc(-c2nc3c(=O)n(Cc4ccccc4F)c(=O)n(Cc4ccccc4F)c3[nH]2)cc1. The molecule has 0 saturated carbocycles. The van der Waals surface area contributed by atoms with Gasteiger partial charge in [-0.25, -0.2) is 23.4 Å². The number of rotatable bonds is 34. The number of H-pyrrole nitrogens is 1. The minimum atomic E-state index is -0.758. The van der Waals surface area contributed by atoms with Gasteiger partial charge in [-0.05, 0) is 23.8 Å². The van der Waals surface area contributed by atoms with Gasteiger partial charge in [0.05, 0.1) is 125 Å². The molecule has 0 saturated heterocycles. The lowest BCUT2D eigenvalue weighted by Crippen LogP contribution is -2.40. The monoisotopic (exact) mass is 924 g/mol. The minimum absolute atomic E-state index is 0.0581. The first-order valence-corrected chi connectivity index (χ1v) is 21.6. The molecule has 0 atom stereocenters. The summed E-state index contributed by atoms with van der Waals surface area (Å²) >= 11 is 0. The fourth-order valence-corrected chi connectivity index (χ4v) is 6.13. The molecule has 2 aromatic heterocycles. The molecule has 0 radical (unpaired) electrons. The molecule has 0 aliphatic carbocycles. The van der Waals surface area contributed by atoms with Gasteiger partial charge in [0.25, 0.3) is 5.56 Å². The Hall–Kier alpha value is -5.48. The first-order chi connectivity index (χ1) is 32.4. The van der Waals surface area contributed by atoms with Crippen molar-refractivity contribution in [2.75, 3.05) is 126 Å². The van der Waals surface area contributed by atoms with E-state index in [0.29, 0.717) is 117 Å². The van der Waals surface area contributed by atoms with Crippen molar-refractivity contribution in [3.05, 3.63) is 128 Å². The number of imidazole rings is 1. The number of hydrogen-bond acceptors (Lipinski definition) is 14. The van der Waals surface area contributed by atoms with E-state index in [2.05, 4.69) is 9.97 Å². The molecule has 66 heavy (non-hydrogen) atoms. The van der Waals surface area contributed by atoms with Crippen molar-refractivity contribution in [1.82, 2.24) is 19.1 Å². The number of nitrogens with one attached hydrogen (secondary N) is 1. The van der Waals surface area contributed by atoms with Crippen molar-refractivity contribution >= 4 is 23.2 Å². The number of benzene rings is 3. The molecule has 5 aromatic rings. The van der Waals surface area contributed by atoms with Crippen LogP contribution in [0.4, 0.5) is 8.78 Å². The van der Waals surface area contributed by atoms with Gasteiger partial charge in [0.15, 0.2) is 5.52 Å². The Balaban J connectivity index is 0.924. The van der Waals surface area contributed by atoms with Crippen LogP contribution in [-0.4, -0.2) is 151 Å². The van der Waals surface area contributed by atoms with Gasteiger partial charge in [0.1, 0.15) is 29.7 Å². The molecule has 0 bridgehead atoms. The lowest BCUT2D eigenvalue weighted by atomic mass is 10.1. The van der Waals surface area contributed by atoms with Crippen LogP contribution in [0.5, 0.6) is 0 Å². The fraction of sp³-hybridized carbons (Fsp3) is 0.447. The topological polar surface area (TPSA) is 182 Å². The summed E-state index contributed by atoms with van der Waals surface area (Å²) < 4.78 is 85.1. The zero-order valence-corrected chi connectivity index (χ0v) is 37.1. The second-order valence-corrected chi connectivity index (χ2v) is 14.2. The third-order valence-electron chi connectivity index (χ3n) is 9.54. The standard InChI is InChI=1S/C47H58F2N4O13/c1-57-16-17-58-18-19-59-20-21-60-22-23-61-24-25-62-26-27-63-28-29-64-30-31-65-32-33-66-42(54)15-12-36-10-13-37(14-11-36)44-50-43-45(51-44)52(34-38-6-2-4-8-40(38)48)47(56)53(46(43)55)35-39-7-3-5-9-41(39)49/h2-15H,16-35H2,1H3,(H,50,51)/b15-12+. The van der Waals surface area contributed by atoms with Crippen LogP contribution in [0.1, 0.15) is 16.7 Å². The highest BCUT2D eigenvalue weighted by atomic mass is 19.1. The van der Waals surface area contributed by atoms with E-state index in [-0.39, 0.29) is 54.4 Å². The lowest BCUT2D eigenvalue weighted by molar-refractivity contribution is -0.139. The first-order valence-electron chi connectivity index (χ1n) is 21.6. The maximum Gasteiger partial charge on any atom is 0.333 e. The van der Waals surface area contributed by atoms with Gasteiger partial charge in [-0.15, -0.1) is 0 Å². The predicted molar refractivity (Wildman–Crippen MR) is 239 cm³/mol. The van der Waals surface area contributed by atoms with Crippen molar-refractivity contribution in [3.8, 4) is 11.4 Å². The molecule has 5 rings (SSSR count). The minimum Gasteiger partial charge on any atom is -0.460 e. The van der Waals surface area contributed by atoms with E-state index < -0.39 is 28.9 Å². The number of nitrogens with zero attached hydrogens (tertiary/aromatic N) is 3. The molecular weight excluding hydrogens is 867 g/mol. The number of halogens is 2. The lowest BCUT2D eigenvalue weighted by Gasteiger charge is -2.12. The van der Waals surface area contributed by atoms with Gasteiger partial charge < -0.3 is 52.4 Å². The maximum absolute atomic E-state index is 14.7. The van der Waals surface area contributed by atoms with Gasteiger partial charge >= 0.3 is 11.7 Å². The number of methoxy groups -OCH3 is 1. The van der Waals surface area contributed by atoms with Crippen LogP contribution in [-0.2, 0) is 65.3 Å². The summed E-state index contributed by atoms with van der Waals surface area (Å²) in [6.07, 6.45) is 2.87. The van der Waals surface area contributed by atoms with E-state index in [9.17, 15) is 23.2 Å². The molecule has 0 fully saturated rings. The van der Waals surface area contributed by atoms with Crippen LogP contribution in [0.15, 0.2) is 88.5 Å². The van der Waals surface area contributed by atoms with Crippen molar-refractivity contribution in [2.24, 2.45) is 0 Å². The molecule has 0 unspecified atom stereocenters. The van der Waals surface area contributed by atoms with Crippen LogP contribution < -0.4 is 11.2 Å². The number of aromatic nitrogens is 4. The van der Waals surface area contributed by atoms with E-state index in [1.54, 1.807) is 49.6 Å². The number of aromatic amines is 1. The van der Waals surface area contributed by atoms with Crippen molar-refractivity contribution in [3.63, 3.8) is 0 Å². The summed E-state index contributed by atoms with van der Waals surface area (Å²) in [6, 6.07) is 18.7. The molecule has 0 amide bonds. The van der Waals surface area contributed by atoms with E-state index in [4.69, 9.17) is 47.4 Å². The average Bonchev–Trinajstić information content (AvgIpc) is 3.78. The average molecular weight is 925 g/mol. The summed E-state index contributed by atoms with van der Waals surface area (Å²) in [5, 5.41) is 0. The molecule has 0 aliphatic heterocycles. The maximum atomic E-state index is 14.7. The predicted octanol–water partition coefficient (Wildman–Crippen LogP) is 4.26. The summed E-state index contributed by atoms with van der Waals surface area (Å²) in [4.78, 5) is 47.3. The number of esters is 1. The quantitative estimate of drug-likeness (QED) is 0.0351. The van der Waals surface area contributed by atoms with Crippen molar-refractivity contribution < 1.29 is 60.9 Å². The van der Waals surface area contributed by atoms with Gasteiger partial charge in [-0.3, -0.25) is 13.9 Å². The van der Waals surface area contributed by atoms with E-state index in [0.717, 1.165) is 4.57 Å². The molecule has 0 aliphatic rings. The van der Waals surface area contributed by atoms with E-state index in [1.165, 1.54) is 47.0 Å². The van der Waals surface area contributed by atoms with Gasteiger partial charge in [0, 0.05) is 29.9 Å². The molecule has 3 aromatic carbocycles. The second kappa shape index (κ2) is 29.9. The Morgan fingerprint density at radius 2 is 1.00 bits per heavy atom. The molecule has 1 N–H and O–H groups in total. The third kappa shape index (κ3) is 17.7. The van der Waals surface area contributed by atoms with E-state index in [1.807, 2.05) is 0 Å². The highest BCUT2D eigenvalue weighted by molar-refractivity contribution is 5.87. The first kappa shape index (κ1) is 51.5. The molecule has 2 heterocycles. The smallest absolute Gasteiger partial charge is 0.333 e. The number of fused-ring (bicyclic) bond motifs is 1. The summed E-state index contributed by atoms with van der Waals surface area (Å²) in [7, 11) is 1.63.